The van der Waals surface area contributed by atoms with Gasteiger partial charge in [0.15, 0.2) is 17.7 Å². The summed E-state index contributed by atoms with van der Waals surface area (Å²) >= 11 is 0. The zero-order valence-corrected chi connectivity index (χ0v) is 18.1. The molecule has 1 saturated heterocycles. The predicted octanol–water partition coefficient (Wildman–Crippen LogP) is 2.98. The number of pyridine rings is 1. The van der Waals surface area contributed by atoms with Crippen LogP contribution in [0.4, 0.5) is 10.2 Å². The predicted molar refractivity (Wildman–Crippen MR) is 119 cm³/mol. The second kappa shape index (κ2) is 10.0. The van der Waals surface area contributed by atoms with Crippen molar-refractivity contribution < 1.29 is 13.9 Å². The summed E-state index contributed by atoms with van der Waals surface area (Å²) in [6, 6.07) is 14.1. The molecule has 2 aromatic heterocycles. The van der Waals surface area contributed by atoms with Gasteiger partial charge in [-0.15, -0.1) is 10.2 Å². The van der Waals surface area contributed by atoms with E-state index in [4.69, 9.17) is 10.00 Å². The van der Waals surface area contributed by atoms with Gasteiger partial charge in [-0.1, -0.05) is 6.07 Å². The van der Waals surface area contributed by atoms with Crippen LogP contribution in [0.25, 0.3) is 0 Å². The number of nitrogens with zero attached hydrogens (tertiary/aromatic N) is 5. The number of nitrogens with one attached hydrogen (secondary N) is 1. The third-order valence-electron chi connectivity index (χ3n) is 5.43. The summed E-state index contributed by atoms with van der Waals surface area (Å²) in [7, 11) is 0. The molecule has 8 nitrogen and oxygen atoms in total. The van der Waals surface area contributed by atoms with Gasteiger partial charge in [0.05, 0.1) is 18.2 Å². The maximum absolute atomic E-state index is 14.9. The van der Waals surface area contributed by atoms with E-state index < -0.39 is 12.3 Å². The normalized spacial score (nSPS) is 17.8. The van der Waals surface area contributed by atoms with Crippen LogP contribution >= 0.6 is 0 Å². The minimum Gasteiger partial charge on any atom is -0.487 e. The first-order valence-corrected chi connectivity index (χ1v) is 10.6. The zero-order chi connectivity index (χ0) is 23.2. The fourth-order valence-electron chi connectivity index (χ4n) is 3.70. The van der Waals surface area contributed by atoms with Crippen molar-refractivity contribution in [2.45, 2.75) is 32.2 Å². The Morgan fingerprint density at radius 2 is 2.09 bits per heavy atom. The number of alkyl halides is 1. The lowest BCUT2D eigenvalue weighted by atomic mass is 10.0. The van der Waals surface area contributed by atoms with Gasteiger partial charge >= 0.3 is 0 Å². The summed E-state index contributed by atoms with van der Waals surface area (Å²) in [6.07, 6.45) is 1.93. The molecule has 3 heterocycles. The van der Waals surface area contributed by atoms with Crippen LogP contribution in [0, 0.1) is 18.3 Å². The number of carbonyl (C=O) groups excluding carboxylic acids is 1. The summed E-state index contributed by atoms with van der Waals surface area (Å²) in [5.41, 5.74) is 2.35. The molecular weight excluding hydrogens is 423 g/mol. The molecule has 0 bridgehead atoms. The largest absolute Gasteiger partial charge is 0.487 e. The molecule has 1 N–H and O–H groups in total. The number of carbonyl (C=O) groups is 1. The summed E-state index contributed by atoms with van der Waals surface area (Å²) in [5, 5.41) is 20.1. The Kier molecular flexibility index (Phi) is 6.74. The van der Waals surface area contributed by atoms with Crippen molar-refractivity contribution in [1.29, 1.82) is 5.26 Å². The molecule has 0 radical (unpaired) electrons. The van der Waals surface area contributed by atoms with Crippen LogP contribution in [0.15, 0.2) is 54.9 Å². The summed E-state index contributed by atoms with van der Waals surface area (Å²) < 4.78 is 20.7. The number of ether oxygens (including phenoxy) is 1. The van der Waals surface area contributed by atoms with E-state index in [0.717, 1.165) is 11.1 Å². The van der Waals surface area contributed by atoms with E-state index in [0.29, 0.717) is 36.6 Å². The maximum atomic E-state index is 14.9. The Bertz CT molecular complexity index is 1170. The van der Waals surface area contributed by atoms with Crippen molar-refractivity contribution in [1.82, 2.24) is 20.5 Å². The highest BCUT2D eigenvalue weighted by Gasteiger charge is 2.32. The molecule has 3 aromatic rings. The van der Waals surface area contributed by atoms with Gasteiger partial charge in [0, 0.05) is 31.9 Å². The topological polar surface area (TPSA) is 104 Å². The van der Waals surface area contributed by atoms with E-state index in [1.54, 1.807) is 42.7 Å². The van der Waals surface area contributed by atoms with Crippen LogP contribution in [0.3, 0.4) is 0 Å². The fraction of sp³-hybridized carbons (Fsp3) is 0.292. The average Bonchev–Trinajstić information content (AvgIpc) is 2.84. The fourth-order valence-corrected chi connectivity index (χ4v) is 3.70. The number of aryl methyl sites for hydroxylation is 1. The second-order valence-electron chi connectivity index (χ2n) is 7.82. The molecule has 1 aliphatic rings. The molecule has 9 heteroatoms. The minimum absolute atomic E-state index is 0.103. The average molecular weight is 446 g/mol. The van der Waals surface area contributed by atoms with E-state index in [1.807, 2.05) is 24.0 Å². The molecule has 0 aliphatic carbocycles. The minimum atomic E-state index is -1.24. The summed E-state index contributed by atoms with van der Waals surface area (Å²) in [6.45, 7) is 2.82. The number of rotatable bonds is 6. The Hall–Kier alpha value is -4.06. The standard InChI is InChI=1S/C24H23FN6O2/c1-16-11-21(24(32)28-14-17-5-8-27-9-6-17)29-30-23(16)31-10-7-22(20(25)15-31)33-19-4-2-3-18(12-19)13-26/h2-6,8-9,11-12,20,22H,7,10,14-15H2,1H3,(H,28,32)/t20-,22+/m0/s1. The Morgan fingerprint density at radius 3 is 2.82 bits per heavy atom. The van der Waals surface area contributed by atoms with Crippen LogP contribution in [0.2, 0.25) is 0 Å². The first-order chi connectivity index (χ1) is 16.0. The van der Waals surface area contributed by atoms with Crippen molar-refractivity contribution in [3.05, 3.63) is 77.2 Å². The number of halogens is 1. The van der Waals surface area contributed by atoms with Gasteiger partial charge in [-0.2, -0.15) is 5.26 Å². The number of piperidine rings is 1. The number of amides is 1. The lowest BCUT2D eigenvalue weighted by Crippen LogP contribution is -2.47. The van der Waals surface area contributed by atoms with Gasteiger partial charge in [-0.3, -0.25) is 9.78 Å². The second-order valence-corrected chi connectivity index (χ2v) is 7.82. The zero-order valence-electron chi connectivity index (χ0n) is 18.1. The molecule has 0 unspecified atom stereocenters. The van der Waals surface area contributed by atoms with Crippen LogP contribution in [0.5, 0.6) is 5.75 Å². The number of hydrogen-bond donors (Lipinski definition) is 1. The summed E-state index contributed by atoms with van der Waals surface area (Å²) in [5.74, 6) is 0.700. The molecule has 33 heavy (non-hydrogen) atoms. The van der Waals surface area contributed by atoms with E-state index in [2.05, 4.69) is 26.6 Å². The molecule has 4 rings (SSSR count). The van der Waals surface area contributed by atoms with Gasteiger partial charge in [0.25, 0.3) is 5.91 Å². The third kappa shape index (κ3) is 5.41. The van der Waals surface area contributed by atoms with Gasteiger partial charge < -0.3 is 15.0 Å². The summed E-state index contributed by atoms with van der Waals surface area (Å²) in [4.78, 5) is 18.2. The van der Waals surface area contributed by atoms with Gasteiger partial charge in [-0.05, 0) is 54.4 Å². The molecule has 1 aliphatic heterocycles. The molecule has 1 aromatic carbocycles. The SMILES string of the molecule is Cc1cc(C(=O)NCc2ccncc2)nnc1N1CC[C@@H](Oc2cccc(C#N)c2)[C@@H](F)C1. The van der Waals surface area contributed by atoms with E-state index >= 15 is 0 Å². The first-order valence-electron chi connectivity index (χ1n) is 10.6. The lowest BCUT2D eigenvalue weighted by Gasteiger charge is -2.35. The quantitative estimate of drug-likeness (QED) is 0.621. The first kappa shape index (κ1) is 22.1. The van der Waals surface area contributed by atoms with Crippen LogP contribution in [-0.4, -0.2) is 46.5 Å². The van der Waals surface area contributed by atoms with Crippen LogP contribution < -0.4 is 15.0 Å². The van der Waals surface area contributed by atoms with Crippen molar-refractivity contribution in [2.24, 2.45) is 0 Å². The van der Waals surface area contributed by atoms with Crippen LogP contribution in [-0.2, 0) is 6.54 Å². The maximum Gasteiger partial charge on any atom is 0.272 e. The van der Waals surface area contributed by atoms with Crippen molar-refractivity contribution in [2.75, 3.05) is 18.0 Å². The van der Waals surface area contributed by atoms with Crippen LogP contribution in [0.1, 0.15) is 33.6 Å². The molecule has 168 valence electrons. The highest BCUT2D eigenvalue weighted by atomic mass is 19.1. The molecule has 0 spiro atoms. The number of benzene rings is 1. The number of nitriles is 1. The third-order valence-corrected chi connectivity index (χ3v) is 5.43. The van der Waals surface area contributed by atoms with Crippen molar-refractivity contribution >= 4 is 11.7 Å². The van der Waals surface area contributed by atoms with Gasteiger partial charge in [-0.25, -0.2) is 4.39 Å². The monoisotopic (exact) mass is 446 g/mol. The lowest BCUT2D eigenvalue weighted by molar-refractivity contribution is 0.0818. The van der Waals surface area contributed by atoms with E-state index in [9.17, 15) is 9.18 Å². The van der Waals surface area contributed by atoms with E-state index in [-0.39, 0.29) is 18.1 Å². The molecule has 1 fully saturated rings. The van der Waals surface area contributed by atoms with Crippen molar-refractivity contribution in [3.8, 4) is 11.8 Å². The van der Waals surface area contributed by atoms with E-state index in [1.165, 1.54) is 0 Å². The highest BCUT2D eigenvalue weighted by molar-refractivity contribution is 5.92. The number of hydrogen-bond acceptors (Lipinski definition) is 7. The van der Waals surface area contributed by atoms with Crippen molar-refractivity contribution in [3.63, 3.8) is 0 Å². The Balaban J connectivity index is 1.36. The molecule has 0 saturated carbocycles. The Morgan fingerprint density at radius 1 is 1.27 bits per heavy atom. The number of aromatic nitrogens is 3. The Labute approximate surface area is 191 Å². The molecule has 1 amide bonds. The van der Waals surface area contributed by atoms with Gasteiger partial charge in [0.2, 0.25) is 0 Å². The molecule has 2 atom stereocenters. The highest BCUT2D eigenvalue weighted by Crippen LogP contribution is 2.26. The van der Waals surface area contributed by atoms with Gasteiger partial charge in [0.1, 0.15) is 11.9 Å². The molecular formula is C24H23FN6O2. The number of anilines is 1. The smallest absolute Gasteiger partial charge is 0.272 e.